The van der Waals surface area contributed by atoms with Gasteiger partial charge in [0.2, 0.25) is 5.89 Å². The number of aryl methyl sites for hydroxylation is 1. The zero-order valence-corrected chi connectivity index (χ0v) is 13.7. The van der Waals surface area contributed by atoms with Crippen molar-refractivity contribution in [3.63, 3.8) is 0 Å². The van der Waals surface area contributed by atoms with Gasteiger partial charge in [-0.3, -0.25) is 4.98 Å². The van der Waals surface area contributed by atoms with Crippen LogP contribution in [0.3, 0.4) is 0 Å². The maximum atomic E-state index is 10.2. The summed E-state index contributed by atoms with van der Waals surface area (Å²) in [6, 6.07) is 15.1. The summed E-state index contributed by atoms with van der Waals surface area (Å²) in [6.07, 6.45) is 3.53. The Morgan fingerprint density at radius 2 is 1.88 bits per heavy atom. The first kappa shape index (κ1) is 15.2. The van der Waals surface area contributed by atoms with Crippen LogP contribution in [0.5, 0.6) is 5.75 Å². The second-order valence-electron chi connectivity index (χ2n) is 5.93. The van der Waals surface area contributed by atoms with Gasteiger partial charge in [0.25, 0.3) is 0 Å². The highest BCUT2D eigenvalue weighted by Gasteiger charge is 2.13. The fourth-order valence-corrected chi connectivity index (χ4v) is 2.67. The molecular weight excluding hydrogens is 314 g/mol. The van der Waals surface area contributed by atoms with Gasteiger partial charge < -0.3 is 14.8 Å². The lowest BCUT2D eigenvalue weighted by Crippen LogP contribution is -1.99. The van der Waals surface area contributed by atoms with Crippen LogP contribution >= 0.6 is 0 Å². The van der Waals surface area contributed by atoms with Crippen LogP contribution < -0.4 is 5.32 Å². The van der Waals surface area contributed by atoms with Crippen LogP contribution in [0.2, 0.25) is 0 Å². The van der Waals surface area contributed by atoms with Crippen molar-refractivity contribution in [1.29, 1.82) is 0 Å². The number of phenols is 1. The van der Waals surface area contributed by atoms with Gasteiger partial charge in [0.05, 0.1) is 5.56 Å². The molecule has 0 unspecified atom stereocenters. The van der Waals surface area contributed by atoms with Gasteiger partial charge in [0.15, 0.2) is 5.58 Å². The molecule has 2 heterocycles. The molecule has 0 saturated carbocycles. The Labute approximate surface area is 145 Å². The highest BCUT2D eigenvalue weighted by atomic mass is 16.3. The van der Waals surface area contributed by atoms with Gasteiger partial charge >= 0.3 is 0 Å². The molecule has 0 spiro atoms. The summed E-state index contributed by atoms with van der Waals surface area (Å²) in [4.78, 5) is 8.51. The molecule has 0 radical (unpaired) electrons. The highest BCUT2D eigenvalue weighted by Crippen LogP contribution is 2.33. The number of hydrogen-bond acceptors (Lipinski definition) is 5. The van der Waals surface area contributed by atoms with Gasteiger partial charge in [-0.25, -0.2) is 4.98 Å². The van der Waals surface area contributed by atoms with Crippen molar-refractivity contribution in [2.75, 3.05) is 5.32 Å². The molecule has 25 heavy (non-hydrogen) atoms. The number of pyridine rings is 1. The van der Waals surface area contributed by atoms with Gasteiger partial charge in [-0.05, 0) is 60.5 Å². The largest absolute Gasteiger partial charge is 0.507 e. The van der Waals surface area contributed by atoms with Gasteiger partial charge in [-0.15, -0.1) is 0 Å². The lowest BCUT2D eigenvalue weighted by molar-refractivity contribution is 0.474. The van der Waals surface area contributed by atoms with Gasteiger partial charge in [0.1, 0.15) is 11.3 Å². The van der Waals surface area contributed by atoms with Crippen molar-refractivity contribution in [3.8, 4) is 17.2 Å². The molecule has 0 amide bonds. The fourth-order valence-electron chi connectivity index (χ4n) is 2.67. The van der Waals surface area contributed by atoms with Crippen LogP contribution in [-0.4, -0.2) is 15.1 Å². The maximum Gasteiger partial charge on any atom is 0.231 e. The minimum absolute atomic E-state index is 0.137. The third kappa shape index (κ3) is 3.17. The number of fused-ring (bicyclic) bond motifs is 1. The van der Waals surface area contributed by atoms with Crippen molar-refractivity contribution in [2.24, 2.45) is 0 Å². The Balaban J connectivity index is 1.64. The average Bonchev–Trinajstić information content (AvgIpc) is 3.04. The molecule has 0 aliphatic carbocycles. The van der Waals surface area contributed by atoms with Crippen LogP contribution in [0.15, 0.2) is 65.3 Å². The van der Waals surface area contributed by atoms with E-state index in [4.69, 9.17) is 4.42 Å². The van der Waals surface area contributed by atoms with Crippen molar-refractivity contribution >= 4 is 16.8 Å². The molecular formula is C20H17N3O2. The van der Waals surface area contributed by atoms with Crippen LogP contribution in [0.4, 0.5) is 5.69 Å². The van der Waals surface area contributed by atoms with E-state index in [9.17, 15) is 5.11 Å². The third-order valence-electron chi connectivity index (χ3n) is 4.02. The molecule has 0 saturated heterocycles. The number of phenolic OH excluding ortho intramolecular Hbond substituents is 1. The first-order chi connectivity index (χ1) is 12.2. The number of nitrogens with zero attached hydrogens (tertiary/aromatic N) is 2. The van der Waals surface area contributed by atoms with E-state index >= 15 is 0 Å². The van der Waals surface area contributed by atoms with Gasteiger partial charge in [-0.1, -0.05) is 6.07 Å². The summed E-state index contributed by atoms with van der Waals surface area (Å²) in [5, 5.41) is 13.6. The van der Waals surface area contributed by atoms with Crippen molar-refractivity contribution < 1.29 is 9.52 Å². The Bertz CT molecular complexity index is 1030. The molecule has 0 aliphatic rings. The van der Waals surface area contributed by atoms with E-state index < -0.39 is 0 Å². The third-order valence-corrected chi connectivity index (χ3v) is 4.02. The molecule has 2 N–H and O–H groups in total. The molecule has 0 aliphatic heterocycles. The minimum Gasteiger partial charge on any atom is -0.507 e. The molecule has 2 aromatic heterocycles. The van der Waals surface area contributed by atoms with Crippen LogP contribution in [0.25, 0.3) is 22.6 Å². The van der Waals surface area contributed by atoms with E-state index in [1.54, 1.807) is 18.5 Å². The molecule has 5 heteroatoms. The molecule has 2 aromatic carbocycles. The number of anilines is 1. The summed E-state index contributed by atoms with van der Waals surface area (Å²) in [5.41, 5.74) is 5.17. The number of benzene rings is 2. The SMILES string of the molecule is Cc1ccc2oc(-c3cc(NCc4ccncc4)ccc3O)nc2c1. The standard InChI is InChI=1S/C20H17N3O2/c1-13-2-5-19-17(10-13)23-20(25-19)16-11-15(3-4-18(16)24)22-12-14-6-8-21-9-7-14/h2-11,22,24H,12H2,1H3. The number of rotatable bonds is 4. The fraction of sp³-hybridized carbons (Fsp3) is 0.100. The van der Waals surface area contributed by atoms with Crippen molar-refractivity contribution in [2.45, 2.75) is 13.5 Å². The number of aromatic nitrogens is 2. The quantitative estimate of drug-likeness (QED) is 0.538. The molecule has 0 fully saturated rings. The van der Waals surface area contributed by atoms with E-state index in [2.05, 4.69) is 15.3 Å². The zero-order chi connectivity index (χ0) is 17.2. The predicted octanol–water partition coefficient (Wildman–Crippen LogP) is 4.52. The molecule has 0 bridgehead atoms. The Morgan fingerprint density at radius 3 is 2.72 bits per heavy atom. The van der Waals surface area contributed by atoms with E-state index in [1.807, 2.05) is 49.4 Å². The van der Waals surface area contributed by atoms with E-state index in [0.717, 1.165) is 22.3 Å². The van der Waals surface area contributed by atoms with Crippen molar-refractivity contribution in [1.82, 2.24) is 9.97 Å². The van der Waals surface area contributed by atoms with Gasteiger partial charge in [-0.2, -0.15) is 0 Å². The normalized spacial score (nSPS) is 10.9. The smallest absolute Gasteiger partial charge is 0.231 e. The molecule has 5 nitrogen and oxygen atoms in total. The number of hydrogen-bond donors (Lipinski definition) is 2. The first-order valence-electron chi connectivity index (χ1n) is 8.02. The Hall–Kier alpha value is -3.34. The summed E-state index contributed by atoms with van der Waals surface area (Å²) in [5.74, 6) is 0.545. The van der Waals surface area contributed by atoms with Crippen LogP contribution in [0, 0.1) is 6.92 Å². The van der Waals surface area contributed by atoms with Crippen LogP contribution in [-0.2, 0) is 6.54 Å². The van der Waals surface area contributed by atoms with E-state index in [-0.39, 0.29) is 5.75 Å². The van der Waals surface area contributed by atoms with Crippen molar-refractivity contribution in [3.05, 3.63) is 72.1 Å². The topological polar surface area (TPSA) is 71.2 Å². The molecule has 124 valence electrons. The second-order valence-corrected chi connectivity index (χ2v) is 5.93. The summed E-state index contributed by atoms with van der Waals surface area (Å²) >= 11 is 0. The number of aromatic hydroxyl groups is 1. The molecule has 4 aromatic rings. The summed E-state index contributed by atoms with van der Waals surface area (Å²) < 4.78 is 5.80. The first-order valence-corrected chi connectivity index (χ1v) is 8.02. The second kappa shape index (κ2) is 6.28. The molecule has 0 atom stereocenters. The van der Waals surface area contributed by atoms with E-state index in [0.29, 0.717) is 23.6 Å². The van der Waals surface area contributed by atoms with Crippen LogP contribution in [0.1, 0.15) is 11.1 Å². The Morgan fingerprint density at radius 1 is 1.04 bits per heavy atom. The number of nitrogens with one attached hydrogen (secondary N) is 1. The monoisotopic (exact) mass is 331 g/mol. The van der Waals surface area contributed by atoms with E-state index in [1.165, 1.54) is 0 Å². The summed E-state index contributed by atoms with van der Waals surface area (Å²) in [6.45, 7) is 2.67. The Kier molecular flexibility index (Phi) is 3.82. The zero-order valence-electron chi connectivity index (χ0n) is 13.7. The summed E-state index contributed by atoms with van der Waals surface area (Å²) in [7, 11) is 0. The lowest BCUT2D eigenvalue weighted by atomic mass is 10.1. The average molecular weight is 331 g/mol. The lowest BCUT2D eigenvalue weighted by Gasteiger charge is -2.08. The maximum absolute atomic E-state index is 10.2. The highest BCUT2D eigenvalue weighted by molar-refractivity contribution is 5.79. The predicted molar refractivity (Wildman–Crippen MR) is 97.4 cm³/mol. The van der Waals surface area contributed by atoms with Gasteiger partial charge in [0, 0.05) is 24.6 Å². The minimum atomic E-state index is 0.137. The number of oxazole rings is 1. The molecule has 4 rings (SSSR count).